The van der Waals surface area contributed by atoms with Crippen molar-refractivity contribution in [1.29, 1.82) is 0 Å². The maximum Gasteiger partial charge on any atom is 0.0302 e. The number of hydrogen-bond acceptors (Lipinski definition) is 1. The van der Waals surface area contributed by atoms with Gasteiger partial charge in [0.25, 0.3) is 0 Å². The van der Waals surface area contributed by atoms with Gasteiger partial charge in [-0.1, -0.05) is 22.2 Å². The Balaban J connectivity index is 2.22. The maximum atomic E-state index is 4.24. The Kier molecular flexibility index (Phi) is 4.50. The second-order valence-corrected chi connectivity index (χ2v) is 13.7. The van der Waals surface area contributed by atoms with Crippen LogP contribution in [-0.2, 0) is 12.8 Å². The van der Waals surface area contributed by atoms with E-state index in [0.29, 0.717) is 0 Å². The molecule has 0 aromatic carbocycles. The van der Waals surface area contributed by atoms with Gasteiger partial charge in [-0.3, -0.25) is 4.98 Å². The first-order chi connectivity index (χ1) is 7.22. The van der Waals surface area contributed by atoms with Gasteiger partial charge in [0.1, 0.15) is 0 Å². The van der Waals surface area contributed by atoms with Crippen LogP contribution in [0.1, 0.15) is 18.1 Å². The molecular weight excluding hydrogens is 258 g/mol. The van der Waals surface area contributed by atoms with Crippen molar-refractivity contribution in [3.63, 3.8) is 0 Å². The first kappa shape index (κ1) is 12.3. The zero-order valence-electron chi connectivity index (χ0n) is 8.85. The monoisotopic (exact) mass is 275 g/mol. The van der Waals surface area contributed by atoms with Crippen LogP contribution in [-0.4, -0.2) is 10.6 Å². The number of fused-ring (bicyclic) bond motifs is 1. The van der Waals surface area contributed by atoms with Crippen LogP contribution in [0.2, 0.25) is 0 Å². The first-order valence-corrected chi connectivity index (χ1v) is 11.8. The van der Waals surface area contributed by atoms with Crippen molar-refractivity contribution in [3.8, 4) is 0 Å². The molecule has 0 spiro atoms. The Morgan fingerprint density at radius 1 is 1.47 bits per heavy atom. The van der Waals surface area contributed by atoms with Gasteiger partial charge in [-0.2, -0.15) is 0 Å². The van der Waals surface area contributed by atoms with Gasteiger partial charge in [0, 0.05) is 12.4 Å². The van der Waals surface area contributed by atoms with Crippen LogP contribution in [0.25, 0.3) is 0 Å². The summed E-state index contributed by atoms with van der Waals surface area (Å²) in [6.07, 6.45) is 6.46. The van der Waals surface area contributed by atoms with E-state index >= 15 is 0 Å². The van der Waals surface area contributed by atoms with Crippen LogP contribution in [0.5, 0.6) is 0 Å². The lowest BCUT2D eigenvalue weighted by molar-refractivity contribution is 0.513. The van der Waals surface area contributed by atoms with E-state index in [9.17, 15) is 0 Å². The van der Waals surface area contributed by atoms with Crippen molar-refractivity contribution in [3.05, 3.63) is 29.6 Å². The van der Waals surface area contributed by atoms with Crippen LogP contribution in [0.15, 0.2) is 18.5 Å². The lowest BCUT2D eigenvalue weighted by Crippen LogP contribution is -2.25. The molecule has 6 unspecified atom stereocenters. The number of rotatable bonds is 2. The van der Waals surface area contributed by atoms with Crippen molar-refractivity contribution in [2.24, 2.45) is 5.92 Å². The van der Waals surface area contributed by atoms with E-state index in [0.717, 1.165) is 19.5 Å². The Labute approximate surface area is 99.2 Å². The highest BCUT2D eigenvalue weighted by molar-refractivity contribution is 8.61. The summed E-state index contributed by atoms with van der Waals surface area (Å²) in [5.41, 5.74) is 3.88. The lowest BCUT2D eigenvalue weighted by Gasteiger charge is -2.34. The van der Waals surface area contributed by atoms with E-state index in [2.05, 4.69) is 42.0 Å². The Morgan fingerprint density at radius 2 is 2.27 bits per heavy atom. The summed E-state index contributed by atoms with van der Waals surface area (Å²) in [7, 11) is 7.12. The lowest BCUT2D eigenvalue weighted by atomic mass is 9.86. The second-order valence-electron chi connectivity index (χ2n) is 4.13. The summed E-state index contributed by atoms with van der Waals surface area (Å²) < 4.78 is 0. The maximum absolute atomic E-state index is 4.24. The molecule has 1 aromatic rings. The number of pyridine rings is 1. The van der Waals surface area contributed by atoms with Gasteiger partial charge in [-0.05, 0) is 41.6 Å². The summed E-state index contributed by atoms with van der Waals surface area (Å²) in [6.45, 7) is 2.40. The average Bonchev–Trinajstić information content (AvgIpc) is 2.27. The van der Waals surface area contributed by atoms with E-state index in [-0.39, 0.29) is 7.30 Å². The summed E-state index contributed by atoms with van der Waals surface area (Å²) in [5, 5.41) is 0. The minimum Gasteiger partial charge on any atom is -0.264 e. The molecule has 0 saturated heterocycles. The van der Waals surface area contributed by atoms with Crippen LogP contribution in [0.4, 0.5) is 0 Å². The smallest absolute Gasteiger partial charge is 0.0302 e. The number of nitrogens with zero attached hydrogens (tertiary/aromatic N) is 1. The highest BCUT2D eigenvalue weighted by Crippen LogP contribution is 2.71. The van der Waals surface area contributed by atoms with Crippen LogP contribution in [0.3, 0.4) is 0 Å². The minimum absolute atomic E-state index is 0.119. The third-order valence-corrected chi connectivity index (χ3v) is 14.6. The molecule has 82 valence electrons. The predicted molar refractivity (Wildman–Crippen MR) is 79.3 cm³/mol. The number of hydrogen-bond donors (Lipinski definition) is 0. The van der Waals surface area contributed by atoms with Crippen molar-refractivity contribution >= 4 is 33.1 Å². The highest BCUT2D eigenvalue weighted by Gasteiger charge is 2.28. The van der Waals surface area contributed by atoms with Crippen molar-refractivity contribution in [1.82, 2.24) is 4.98 Å². The van der Waals surface area contributed by atoms with Crippen molar-refractivity contribution in [2.75, 3.05) is 0 Å². The van der Waals surface area contributed by atoms with Gasteiger partial charge in [0.15, 0.2) is 0 Å². The molecule has 15 heavy (non-hydrogen) atoms. The third kappa shape index (κ3) is 2.76. The molecule has 0 N–H and O–H groups in total. The van der Waals surface area contributed by atoms with Crippen molar-refractivity contribution in [2.45, 2.75) is 25.4 Å². The van der Waals surface area contributed by atoms with E-state index in [4.69, 9.17) is 0 Å². The summed E-state index contributed by atoms with van der Waals surface area (Å²) in [4.78, 5) is 4.24. The molecule has 1 nitrogen and oxygen atoms in total. The summed E-state index contributed by atoms with van der Waals surface area (Å²) >= 11 is 0. The van der Waals surface area contributed by atoms with Crippen LogP contribution >= 0.6 is 33.1 Å². The van der Waals surface area contributed by atoms with Gasteiger partial charge in [0.2, 0.25) is 0 Å². The molecule has 0 aliphatic heterocycles. The summed E-state index contributed by atoms with van der Waals surface area (Å²) in [6, 6.07) is 2.19. The SMILES string of the molecule is CC1Cc2ccncc2CC1P(P)PP. The Hall–Kier alpha value is 0.870. The molecule has 0 saturated carbocycles. The van der Waals surface area contributed by atoms with E-state index in [1.165, 1.54) is 24.0 Å². The molecule has 1 aliphatic carbocycles. The van der Waals surface area contributed by atoms with E-state index < -0.39 is 0 Å². The van der Waals surface area contributed by atoms with Gasteiger partial charge in [0.05, 0.1) is 0 Å². The quantitative estimate of drug-likeness (QED) is 0.747. The Bertz CT molecular complexity index is 344. The standard InChI is InChI=1S/C10H17NP4/c1-7-4-8-2-3-11-6-9(8)5-10(7)15(13)14-12/h2-3,6-7,10,14H,4-5,12-13H2,1H3. The molecular formula is C10H17NP4. The van der Waals surface area contributed by atoms with Gasteiger partial charge in [-0.25, -0.2) is 0 Å². The van der Waals surface area contributed by atoms with Crippen LogP contribution in [0, 0.1) is 5.92 Å². The second kappa shape index (κ2) is 5.47. The third-order valence-electron chi connectivity index (χ3n) is 3.14. The minimum atomic E-state index is 0.119. The predicted octanol–water partition coefficient (Wildman–Crippen LogP) is 3.84. The van der Waals surface area contributed by atoms with Gasteiger partial charge < -0.3 is 0 Å². The largest absolute Gasteiger partial charge is 0.264 e. The normalized spacial score (nSPS) is 27.9. The molecule has 0 bridgehead atoms. The fourth-order valence-electron chi connectivity index (χ4n) is 2.22. The molecule has 1 aliphatic rings. The molecule has 0 radical (unpaired) electrons. The zero-order chi connectivity index (χ0) is 10.8. The number of aromatic nitrogens is 1. The molecule has 0 amide bonds. The molecule has 6 atom stereocenters. The summed E-state index contributed by atoms with van der Waals surface area (Å²) in [5.74, 6) is 0.830. The van der Waals surface area contributed by atoms with Crippen molar-refractivity contribution < 1.29 is 0 Å². The van der Waals surface area contributed by atoms with Gasteiger partial charge in [-0.15, -0.1) is 17.9 Å². The molecule has 1 aromatic heterocycles. The fourth-order valence-corrected chi connectivity index (χ4v) is 7.99. The Morgan fingerprint density at radius 3 is 3.00 bits per heavy atom. The topological polar surface area (TPSA) is 12.9 Å². The first-order valence-electron chi connectivity index (χ1n) is 5.14. The molecule has 5 heteroatoms. The fraction of sp³-hybridized carbons (Fsp3) is 0.500. The van der Waals surface area contributed by atoms with Gasteiger partial charge >= 0.3 is 0 Å². The highest BCUT2D eigenvalue weighted by atomic mass is 32.6. The zero-order valence-corrected chi connectivity index (χ0v) is 13.1. The molecule has 0 fully saturated rings. The van der Waals surface area contributed by atoms with Crippen LogP contribution < -0.4 is 0 Å². The average molecular weight is 275 g/mol. The van der Waals surface area contributed by atoms with E-state index in [1.54, 1.807) is 0 Å². The molecule has 2 rings (SSSR count). The molecule has 1 heterocycles. The van der Waals surface area contributed by atoms with E-state index in [1.807, 2.05) is 6.20 Å².